The summed E-state index contributed by atoms with van der Waals surface area (Å²) in [6.45, 7) is 5.81. The average Bonchev–Trinajstić information content (AvgIpc) is 2.77. The number of nitrogens with one attached hydrogen (secondary N) is 1. The molecule has 31 heavy (non-hydrogen) atoms. The second-order valence-corrected chi connectivity index (χ2v) is 9.97. The lowest BCUT2D eigenvalue weighted by Gasteiger charge is -2.32. The Morgan fingerprint density at radius 1 is 0.871 bits per heavy atom. The number of anilines is 1. The van der Waals surface area contributed by atoms with Crippen LogP contribution in [0.25, 0.3) is 11.1 Å². The highest BCUT2D eigenvalue weighted by molar-refractivity contribution is 7.93. The molecule has 0 saturated heterocycles. The maximum Gasteiger partial charge on any atom is 0.265 e. The Hall–Kier alpha value is -3.12. The van der Waals surface area contributed by atoms with Crippen molar-refractivity contribution in [3.63, 3.8) is 0 Å². The molecule has 6 heteroatoms. The molecule has 1 amide bonds. The Labute approximate surface area is 183 Å². The number of carbonyl (C=O) groups excluding carboxylic acids is 1. The molecule has 1 aliphatic heterocycles. The number of hydrogen-bond donors (Lipinski definition) is 1. The first kappa shape index (κ1) is 21.1. The summed E-state index contributed by atoms with van der Waals surface area (Å²) in [6, 6.07) is 22.1. The van der Waals surface area contributed by atoms with E-state index >= 15 is 0 Å². The summed E-state index contributed by atoms with van der Waals surface area (Å²) in [4.78, 5) is 13.1. The third kappa shape index (κ3) is 3.95. The van der Waals surface area contributed by atoms with E-state index in [1.807, 2.05) is 67.6 Å². The Morgan fingerprint density at radius 2 is 1.55 bits per heavy atom. The summed E-state index contributed by atoms with van der Waals surface area (Å²) >= 11 is 0. The number of nitrogens with zero attached hydrogens (tertiary/aromatic N) is 1. The first-order chi connectivity index (χ1) is 14.8. The number of fused-ring (bicyclic) bond motifs is 3. The molecular weight excluding hydrogens is 408 g/mol. The van der Waals surface area contributed by atoms with Gasteiger partial charge in [-0.25, -0.2) is 8.42 Å². The summed E-state index contributed by atoms with van der Waals surface area (Å²) in [5.41, 5.74) is 4.13. The highest BCUT2D eigenvalue weighted by Crippen LogP contribution is 2.43. The minimum atomic E-state index is -3.85. The molecule has 5 nitrogen and oxygen atoms in total. The van der Waals surface area contributed by atoms with Crippen molar-refractivity contribution in [2.45, 2.75) is 37.6 Å². The van der Waals surface area contributed by atoms with E-state index in [0.29, 0.717) is 17.2 Å². The van der Waals surface area contributed by atoms with Crippen molar-refractivity contribution in [3.05, 3.63) is 83.9 Å². The van der Waals surface area contributed by atoms with Crippen LogP contribution in [0.1, 0.15) is 43.9 Å². The largest absolute Gasteiger partial charge is 0.348 e. The van der Waals surface area contributed by atoms with Gasteiger partial charge in [0.15, 0.2) is 0 Å². The van der Waals surface area contributed by atoms with E-state index in [2.05, 4.69) is 19.2 Å². The summed E-state index contributed by atoms with van der Waals surface area (Å²) in [5, 5.41) is 2.92. The first-order valence-corrected chi connectivity index (χ1v) is 11.8. The van der Waals surface area contributed by atoms with Gasteiger partial charge < -0.3 is 5.32 Å². The van der Waals surface area contributed by atoms with Crippen LogP contribution in [0.2, 0.25) is 0 Å². The smallest absolute Gasteiger partial charge is 0.265 e. The number of carbonyl (C=O) groups is 1. The summed E-state index contributed by atoms with van der Waals surface area (Å²) in [6.07, 6.45) is 0. The molecule has 1 unspecified atom stereocenters. The van der Waals surface area contributed by atoms with E-state index < -0.39 is 10.0 Å². The topological polar surface area (TPSA) is 66.5 Å². The van der Waals surface area contributed by atoms with Gasteiger partial charge in [-0.15, -0.1) is 0 Å². The van der Waals surface area contributed by atoms with Gasteiger partial charge in [0.2, 0.25) is 5.91 Å². The van der Waals surface area contributed by atoms with Crippen LogP contribution >= 0.6 is 0 Å². The van der Waals surface area contributed by atoms with Crippen molar-refractivity contribution >= 4 is 21.6 Å². The van der Waals surface area contributed by atoms with Crippen LogP contribution in [-0.2, 0) is 14.8 Å². The molecule has 160 valence electrons. The van der Waals surface area contributed by atoms with Crippen LogP contribution < -0.4 is 9.62 Å². The molecule has 1 N–H and O–H groups in total. The molecule has 0 aliphatic carbocycles. The van der Waals surface area contributed by atoms with Crippen LogP contribution in [0, 0.1) is 0 Å². The fraction of sp³-hybridized carbons (Fsp3) is 0.240. The number of rotatable bonds is 5. The lowest BCUT2D eigenvalue weighted by atomic mass is 9.95. The SMILES string of the molecule is CC(C)c1ccc2c(c1)-c1ccccc1S(=O)(=O)N2CC(=O)NC(C)c1ccccc1. The second-order valence-electron chi connectivity index (χ2n) is 8.14. The third-order valence-corrected chi connectivity index (χ3v) is 7.48. The number of benzene rings is 3. The maximum absolute atomic E-state index is 13.4. The Bertz CT molecular complexity index is 1220. The quantitative estimate of drug-likeness (QED) is 0.623. The Kier molecular flexibility index (Phi) is 5.58. The molecule has 4 rings (SSSR count). The third-order valence-electron chi connectivity index (χ3n) is 5.67. The van der Waals surface area contributed by atoms with E-state index in [0.717, 1.165) is 16.7 Å². The molecule has 0 aromatic heterocycles. The fourth-order valence-corrected chi connectivity index (χ4v) is 5.57. The molecule has 0 saturated carbocycles. The van der Waals surface area contributed by atoms with E-state index in [9.17, 15) is 13.2 Å². The van der Waals surface area contributed by atoms with Gasteiger partial charge >= 0.3 is 0 Å². The Balaban J connectivity index is 1.70. The molecule has 0 fully saturated rings. The second kappa shape index (κ2) is 8.19. The van der Waals surface area contributed by atoms with Gasteiger partial charge in [-0.05, 0) is 42.2 Å². The zero-order valence-electron chi connectivity index (χ0n) is 17.9. The molecule has 3 aromatic carbocycles. The predicted molar refractivity (Wildman–Crippen MR) is 123 cm³/mol. The summed E-state index contributed by atoms with van der Waals surface area (Å²) in [5.74, 6) is -0.0438. The van der Waals surface area contributed by atoms with Gasteiger partial charge in [0, 0.05) is 11.1 Å². The van der Waals surface area contributed by atoms with Gasteiger partial charge in [-0.1, -0.05) is 68.4 Å². The molecule has 0 spiro atoms. The van der Waals surface area contributed by atoms with Crippen LogP contribution in [-0.4, -0.2) is 20.9 Å². The minimum absolute atomic E-state index is 0.226. The standard InChI is InChI=1S/C25H26N2O3S/c1-17(2)20-13-14-23-22(15-20)21-11-7-8-12-24(21)31(29,30)27(23)16-25(28)26-18(3)19-9-5-4-6-10-19/h4-15,17-18H,16H2,1-3H3,(H,26,28). The van der Waals surface area contributed by atoms with Crippen molar-refractivity contribution in [1.82, 2.24) is 5.32 Å². The monoisotopic (exact) mass is 434 g/mol. The molecule has 1 aliphatic rings. The van der Waals surface area contributed by atoms with Gasteiger partial charge in [-0.2, -0.15) is 0 Å². The van der Waals surface area contributed by atoms with E-state index in [4.69, 9.17) is 0 Å². The van der Waals surface area contributed by atoms with Crippen LogP contribution in [0.3, 0.4) is 0 Å². The molecule has 1 atom stereocenters. The number of hydrogen-bond acceptors (Lipinski definition) is 3. The molecule has 0 radical (unpaired) electrons. The van der Waals surface area contributed by atoms with Gasteiger partial charge in [0.25, 0.3) is 10.0 Å². The van der Waals surface area contributed by atoms with Gasteiger partial charge in [-0.3, -0.25) is 9.10 Å². The molecule has 1 heterocycles. The zero-order chi connectivity index (χ0) is 22.2. The lowest BCUT2D eigenvalue weighted by molar-refractivity contribution is -0.120. The minimum Gasteiger partial charge on any atom is -0.348 e. The number of amides is 1. The van der Waals surface area contributed by atoms with Crippen molar-refractivity contribution in [2.24, 2.45) is 0 Å². The van der Waals surface area contributed by atoms with Gasteiger partial charge in [0.05, 0.1) is 16.6 Å². The fourth-order valence-electron chi connectivity index (χ4n) is 3.92. The van der Waals surface area contributed by atoms with Crippen LogP contribution in [0.5, 0.6) is 0 Å². The molecule has 0 bridgehead atoms. The van der Waals surface area contributed by atoms with Crippen molar-refractivity contribution < 1.29 is 13.2 Å². The zero-order valence-corrected chi connectivity index (χ0v) is 18.7. The highest BCUT2D eigenvalue weighted by atomic mass is 32.2. The first-order valence-electron chi connectivity index (χ1n) is 10.4. The highest BCUT2D eigenvalue weighted by Gasteiger charge is 2.36. The van der Waals surface area contributed by atoms with Crippen molar-refractivity contribution in [2.75, 3.05) is 10.8 Å². The Morgan fingerprint density at radius 3 is 2.26 bits per heavy atom. The van der Waals surface area contributed by atoms with Crippen LogP contribution in [0.4, 0.5) is 5.69 Å². The van der Waals surface area contributed by atoms with E-state index in [1.54, 1.807) is 12.1 Å². The summed E-state index contributed by atoms with van der Waals surface area (Å²) < 4.78 is 28.1. The normalized spacial score (nSPS) is 15.2. The van der Waals surface area contributed by atoms with Crippen LogP contribution in [0.15, 0.2) is 77.7 Å². The lowest BCUT2D eigenvalue weighted by Crippen LogP contribution is -2.43. The number of sulfonamides is 1. The van der Waals surface area contributed by atoms with Crippen molar-refractivity contribution in [1.29, 1.82) is 0 Å². The summed E-state index contributed by atoms with van der Waals surface area (Å²) in [7, 11) is -3.85. The predicted octanol–water partition coefficient (Wildman–Crippen LogP) is 4.86. The van der Waals surface area contributed by atoms with E-state index in [-0.39, 0.29) is 23.4 Å². The molecular formula is C25H26N2O3S. The maximum atomic E-state index is 13.4. The van der Waals surface area contributed by atoms with Gasteiger partial charge in [0.1, 0.15) is 6.54 Å². The average molecular weight is 435 g/mol. The molecule has 3 aromatic rings. The van der Waals surface area contributed by atoms with E-state index in [1.165, 1.54) is 4.31 Å². The van der Waals surface area contributed by atoms with Crippen molar-refractivity contribution in [3.8, 4) is 11.1 Å².